The fourth-order valence-electron chi connectivity index (χ4n) is 1.71. The molecule has 1 aromatic rings. The molecule has 0 N–H and O–H groups in total. The summed E-state index contributed by atoms with van der Waals surface area (Å²) in [7, 11) is 0. The molecule has 7 nitrogen and oxygen atoms in total. The SMILES string of the molecule is CCOC(=O)CC(=O)COc1cc(C)c([N+](=O)[O-])cc1C. The number of hydrogen-bond acceptors (Lipinski definition) is 6. The van der Waals surface area contributed by atoms with Crippen molar-refractivity contribution in [1.82, 2.24) is 0 Å². The second kappa shape index (κ2) is 7.37. The topological polar surface area (TPSA) is 95.7 Å². The molecule has 0 saturated carbocycles. The standard InChI is InChI=1S/C14H17NO6/c1-4-20-14(17)7-11(16)8-21-13-6-9(2)12(15(18)19)5-10(13)3/h5-6H,4,7-8H2,1-3H3. The summed E-state index contributed by atoms with van der Waals surface area (Å²) in [5.74, 6) is -0.623. The van der Waals surface area contributed by atoms with Crippen molar-refractivity contribution < 1.29 is 24.0 Å². The molecule has 0 atom stereocenters. The summed E-state index contributed by atoms with van der Waals surface area (Å²) in [4.78, 5) is 33.0. The van der Waals surface area contributed by atoms with E-state index < -0.39 is 16.7 Å². The van der Waals surface area contributed by atoms with Gasteiger partial charge in [0.25, 0.3) is 5.69 Å². The van der Waals surface area contributed by atoms with Crippen molar-refractivity contribution in [3.8, 4) is 5.75 Å². The Morgan fingerprint density at radius 1 is 1.24 bits per heavy atom. The van der Waals surface area contributed by atoms with Crippen LogP contribution < -0.4 is 4.74 Å². The van der Waals surface area contributed by atoms with Crippen molar-refractivity contribution in [2.45, 2.75) is 27.2 Å². The molecule has 0 spiro atoms. The van der Waals surface area contributed by atoms with Crippen LogP contribution >= 0.6 is 0 Å². The Morgan fingerprint density at radius 3 is 2.48 bits per heavy atom. The van der Waals surface area contributed by atoms with Gasteiger partial charge in [-0.15, -0.1) is 0 Å². The first-order chi connectivity index (χ1) is 9.85. The first-order valence-corrected chi connectivity index (χ1v) is 6.41. The van der Waals surface area contributed by atoms with Gasteiger partial charge < -0.3 is 9.47 Å². The van der Waals surface area contributed by atoms with E-state index in [0.717, 1.165) is 0 Å². The number of carbonyl (C=O) groups is 2. The largest absolute Gasteiger partial charge is 0.486 e. The normalized spacial score (nSPS) is 10.0. The smallest absolute Gasteiger partial charge is 0.313 e. The molecule has 21 heavy (non-hydrogen) atoms. The zero-order valence-corrected chi connectivity index (χ0v) is 12.2. The van der Waals surface area contributed by atoms with Gasteiger partial charge in [-0.2, -0.15) is 0 Å². The van der Waals surface area contributed by atoms with E-state index in [0.29, 0.717) is 16.9 Å². The first kappa shape index (κ1) is 16.6. The molecule has 0 aliphatic rings. The van der Waals surface area contributed by atoms with Gasteiger partial charge in [0.15, 0.2) is 5.78 Å². The lowest BCUT2D eigenvalue weighted by molar-refractivity contribution is -0.385. The lowest BCUT2D eigenvalue weighted by Gasteiger charge is -2.09. The molecule has 0 aliphatic carbocycles. The molecule has 0 fully saturated rings. The minimum atomic E-state index is -0.595. The number of rotatable bonds is 7. The number of carbonyl (C=O) groups excluding carboxylic acids is 2. The fourth-order valence-corrected chi connectivity index (χ4v) is 1.71. The molecule has 0 bridgehead atoms. The molecule has 0 saturated heterocycles. The summed E-state index contributed by atoms with van der Waals surface area (Å²) >= 11 is 0. The van der Waals surface area contributed by atoms with Gasteiger partial charge in [-0.05, 0) is 32.4 Å². The van der Waals surface area contributed by atoms with Gasteiger partial charge in [0.2, 0.25) is 0 Å². The lowest BCUT2D eigenvalue weighted by atomic mass is 10.1. The van der Waals surface area contributed by atoms with Crippen molar-refractivity contribution in [3.63, 3.8) is 0 Å². The van der Waals surface area contributed by atoms with E-state index in [9.17, 15) is 19.7 Å². The third kappa shape index (κ3) is 4.87. The molecular weight excluding hydrogens is 278 g/mol. The van der Waals surface area contributed by atoms with Gasteiger partial charge in [-0.1, -0.05) is 0 Å². The minimum absolute atomic E-state index is 0.00213. The highest BCUT2D eigenvalue weighted by atomic mass is 16.6. The van der Waals surface area contributed by atoms with Crippen molar-refractivity contribution in [2.24, 2.45) is 0 Å². The molecule has 0 radical (unpaired) electrons. The number of ether oxygens (including phenoxy) is 2. The van der Waals surface area contributed by atoms with Crippen molar-refractivity contribution >= 4 is 17.4 Å². The second-order valence-electron chi connectivity index (χ2n) is 4.47. The van der Waals surface area contributed by atoms with Crippen LogP contribution in [0.4, 0.5) is 5.69 Å². The zero-order valence-electron chi connectivity index (χ0n) is 12.2. The maximum absolute atomic E-state index is 11.5. The van der Waals surface area contributed by atoms with Crippen LogP contribution in [0.1, 0.15) is 24.5 Å². The Balaban J connectivity index is 2.68. The molecule has 0 heterocycles. The number of Topliss-reactive ketones (excluding diaryl/α,β-unsaturated/α-hetero) is 1. The minimum Gasteiger partial charge on any atom is -0.486 e. The number of hydrogen-bond donors (Lipinski definition) is 0. The van der Waals surface area contributed by atoms with Crippen LogP contribution in [-0.4, -0.2) is 29.9 Å². The van der Waals surface area contributed by atoms with Gasteiger partial charge >= 0.3 is 5.97 Å². The van der Waals surface area contributed by atoms with Crippen LogP contribution in [0.5, 0.6) is 5.75 Å². The van der Waals surface area contributed by atoms with E-state index in [1.165, 1.54) is 12.1 Å². The highest BCUT2D eigenvalue weighted by Gasteiger charge is 2.16. The van der Waals surface area contributed by atoms with Crippen LogP contribution in [0, 0.1) is 24.0 Å². The van der Waals surface area contributed by atoms with E-state index in [4.69, 9.17) is 4.74 Å². The number of esters is 1. The van der Waals surface area contributed by atoms with Gasteiger partial charge in [-0.25, -0.2) is 0 Å². The van der Waals surface area contributed by atoms with Gasteiger partial charge in [0, 0.05) is 11.6 Å². The average Bonchev–Trinajstić information content (AvgIpc) is 2.39. The summed E-state index contributed by atoms with van der Waals surface area (Å²) in [5, 5.41) is 10.8. The molecular formula is C14H17NO6. The van der Waals surface area contributed by atoms with E-state index in [1.807, 2.05) is 0 Å². The fraction of sp³-hybridized carbons (Fsp3) is 0.429. The molecule has 0 aliphatic heterocycles. The third-order valence-corrected chi connectivity index (χ3v) is 2.73. The van der Waals surface area contributed by atoms with Crippen molar-refractivity contribution in [1.29, 1.82) is 0 Å². The first-order valence-electron chi connectivity index (χ1n) is 6.41. The number of aryl methyl sites for hydroxylation is 2. The summed E-state index contributed by atoms with van der Waals surface area (Å²) in [6, 6.07) is 2.89. The van der Waals surface area contributed by atoms with Gasteiger partial charge in [0.1, 0.15) is 18.8 Å². The Kier molecular flexibility index (Phi) is 5.83. The lowest BCUT2D eigenvalue weighted by Crippen LogP contribution is -2.17. The van der Waals surface area contributed by atoms with Crippen LogP contribution in [0.15, 0.2) is 12.1 Å². The van der Waals surface area contributed by atoms with Crippen molar-refractivity contribution in [3.05, 3.63) is 33.4 Å². The Morgan fingerprint density at radius 2 is 1.90 bits per heavy atom. The highest BCUT2D eigenvalue weighted by Crippen LogP contribution is 2.27. The molecule has 0 amide bonds. The third-order valence-electron chi connectivity index (χ3n) is 2.73. The molecule has 0 aromatic heterocycles. The van der Waals surface area contributed by atoms with Crippen molar-refractivity contribution in [2.75, 3.05) is 13.2 Å². The monoisotopic (exact) mass is 295 g/mol. The predicted octanol–water partition coefficient (Wildman–Crippen LogP) is 2.11. The summed E-state index contributed by atoms with van der Waals surface area (Å²) in [6.07, 6.45) is -0.348. The van der Waals surface area contributed by atoms with E-state index in [1.54, 1.807) is 20.8 Å². The number of benzene rings is 1. The molecule has 1 rings (SSSR count). The number of ketones is 1. The molecule has 0 unspecified atom stereocenters. The van der Waals surface area contributed by atoms with E-state index >= 15 is 0 Å². The van der Waals surface area contributed by atoms with Crippen LogP contribution in [-0.2, 0) is 14.3 Å². The average molecular weight is 295 g/mol. The summed E-state index contributed by atoms with van der Waals surface area (Å²) in [5.41, 5.74) is 0.993. The summed E-state index contributed by atoms with van der Waals surface area (Å²) in [6.45, 7) is 4.83. The molecule has 114 valence electrons. The van der Waals surface area contributed by atoms with Crippen LogP contribution in [0.3, 0.4) is 0 Å². The van der Waals surface area contributed by atoms with E-state index in [2.05, 4.69) is 4.74 Å². The quantitative estimate of drug-likeness (QED) is 0.331. The van der Waals surface area contributed by atoms with Crippen LogP contribution in [0.25, 0.3) is 0 Å². The highest BCUT2D eigenvalue weighted by molar-refractivity contribution is 5.96. The molecule has 7 heteroatoms. The number of nitro benzene ring substituents is 1. The maximum atomic E-state index is 11.5. The van der Waals surface area contributed by atoms with E-state index in [-0.39, 0.29) is 25.3 Å². The zero-order chi connectivity index (χ0) is 16.0. The maximum Gasteiger partial charge on any atom is 0.313 e. The Labute approximate surface area is 122 Å². The van der Waals surface area contributed by atoms with Crippen LogP contribution in [0.2, 0.25) is 0 Å². The second-order valence-corrected chi connectivity index (χ2v) is 4.47. The van der Waals surface area contributed by atoms with Gasteiger partial charge in [0.05, 0.1) is 11.5 Å². The Bertz CT molecular complexity index is 567. The molecule has 1 aromatic carbocycles. The predicted molar refractivity (Wildman–Crippen MR) is 74.3 cm³/mol. The number of nitrogens with zero attached hydrogens (tertiary/aromatic N) is 1. The van der Waals surface area contributed by atoms with Gasteiger partial charge in [-0.3, -0.25) is 19.7 Å². The summed E-state index contributed by atoms with van der Waals surface area (Å²) < 4.78 is 9.97. The Hall–Kier alpha value is -2.44. The number of nitro groups is 1.